The molecule has 2 saturated heterocycles. The summed E-state index contributed by atoms with van der Waals surface area (Å²) in [5.74, 6) is -1.17. The highest BCUT2D eigenvalue weighted by atomic mass is 16.6. The monoisotopic (exact) mass is 350 g/mol. The summed E-state index contributed by atoms with van der Waals surface area (Å²) in [5, 5.41) is 11.0. The second-order valence-electron chi connectivity index (χ2n) is 8.42. The normalized spacial score (nSPS) is 47.8. The number of carbonyl (C=O) groups excluding carboxylic acids is 2. The Balaban J connectivity index is 1.95. The third kappa shape index (κ3) is 3.41. The Hall–Kier alpha value is -1.20. The molecule has 3 heterocycles. The number of ketones is 1. The number of hydrogen-bond acceptors (Lipinski definition) is 5. The van der Waals surface area contributed by atoms with Crippen molar-refractivity contribution in [2.45, 2.75) is 83.7 Å². The van der Waals surface area contributed by atoms with E-state index in [0.717, 1.165) is 24.8 Å². The van der Waals surface area contributed by atoms with Crippen molar-refractivity contribution in [2.24, 2.45) is 17.8 Å². The number of aliphatic hydroxyl groups excluding tert-OH is 1. The van der Waals surface area contributed by atoms with Gasteiger partial charge >= 0.3 is 5.97 Å². The maximum Gasteiger partial charge on any atom is 0.309 e. The van der Waals surface area contributed by atoms with Gasteiger partial charge in [-0.3, -0.25) is 9.59 Å². The second kappa shape index (κ2) is 6.84. The molecule has 0 aromatic rings. The first-order valence-electron chi connectivity index (χ1n) is 9.47. The molecule has 3 rings (SSSR count). The summed E-state index contributed by atoms with van der Waals surface area (Å²) in [6.45, 7) is 7.74. The first-order valence-corrected chi connectivity index (χ1v) is 9.47. The number of rotatable bonds is 0. The minimum absolute atomic E-state index is 0.0263. The SMILES string of the molecule is C/C1=C\CC[C@H](C)[C@H]2CCC(C)(O2)[C@H](O)[C@H]2OC(=O)[C@H](C)[C@H]2C(=O)C1. The van der Waals surface area contributed by atoms with Crippen LogP contribution in [0.2, 0.25) is 0 Å². The van der Waals surface area contributed by atoms with Gasteiger partial charge in [-0.25, -0.2) is 0 Å². The smallest absolute Gasteiger partial charge is 0.309 e. The van der Waals surface area contributed by atoms with Crippen molar-refractivity contribution >= 4 is 11.8 Å². The van der Waals surface area contributed by atoms with Gasteiger partial charge < -0.3 is 14.6 Å². The number of Topliss-reactive ketones (excluding diaryl/α,β-unsaturated/α-hetero) is 1. The van der Waals surface area contributed by atoms with Gasteiger partial charge in [0.1, 0.15) is 18.0 Å². The van der Waals surface area contributed by atoms with Crippen LogP contribution < -0.4 is 0 Å². The van der Waals surface area contributed by atoms with E-state index >= 15 is 0 Å². The summed E-state index contributed by atoms with van der Waals surface area (Å²) < 4.78 is 11.7. The Kier molecular flexibility index (Phi) is 5.09. The van der Waals surface area contributed by atoms with Gasteiger partial charge in [0.2, 0.25) is 0 Å². The fraction of sp³-hybridized carbons (Fsp3) is 0.800. The van der Waals surface area contributed by atoms with E-state index in [0.29, 0.717) is 18.8 Å². The minimum Gasteiger partial charge on any atom is -0.458 e. The van der Waals surface area contributed by atoms with Crippen LogP contribution >= 0.6 is 0 Å². The summed E-state index contributed by atoms with van der Waals surface area (Å²) in [4.78, 5) is 25.0. The van der Waals surface area contributed by atoms with Crippen LogP contribution in [0.4, 0.5) is 0 Å². The number of fused-ring (bicyclic) bond motifs is 3. The molecule has 0 amide bonds. The van der Waals surface area contributed by atoms with Crippen molar-refractivity contribution in [1.82, 2.24) is 0 Å². The molecule has 0 aromatic heterocycles. The summed E-state index contributed by atoms with van der Waals surface area (Å²) >= 11 is 0. The maximum atomic E-state index is 12.9. The highest BCUT2D eigenvalue weighted by Gasteiger charge is 2.55. The molecule has 3 aliphatic rings. The maximum absolute atomic E-state index is 12.9. The van der Waals surface area contributed by atoms with Crippen LogP contribution in [0.25, 0.3) is 0 Å². The van der Waals surface area contributed by atoms with E-state index in [9.17, 15) is 14.7 Å². The first-order chi connectivity index (χ1) is 11.7. The minimum atomic E-state index is -0.988. The fourth-order valence-corrected chi connectivity index (χ4v) is 4.57. The second-order valence-corrected chi connectivity index (χ2v) is 8.42. The molecule has 5 heteroatoms. The molecular weight excluding hydrogens is 320 g/mol. The van der Waals surface area contributed by atoms with E-state index in [1.54, 1.807) is 6.92 Å². The Labute approximate surface area is 149 Å². The number of ether oxygens (including phenoxy) is 2. The molecule has 1 N–H and O–H groups in total. The third-order valence-corrected chi connectivity index (χ3v) is 6.37. The van der Waals surface area contributed by atoms with Crippen molar-refractivity contribution in [3.05, 3.63) is 11.6 Å². The standard InChI is InChI=1S/C20H30O5/c1-11-6-5-7-12(2)15-8-9-20(4,25-15)18(22)17-16(14(21)10-11)13(3)19(23)24-17/h6,12-13,15-18,22H,5,7-10H2,1-4H3/b11-6+/t12-,13+,15+,16-,17-,18+,20?/m0/s1. The van der Waals surface area contributed by atoms with Gasteiger partial charge in [-0.1, -0.05) is 25.5 Å². The molecule has 1 unspecified atom stereocenters. The van der Waals surface area contributed by atoms with Gasteiger partial charge in [0.05, 0.1) is 23.5 Å². The fourth-order valence-electron chi connectivity index (χ4n) is 4.57. The molecule has 2 bridgehead atoms. The van der Waals surface area contributed by atoms with Crippen molar-refractivity contribution in [1.29, 1.82) is 0 Å². The van der Waals surface area contributed by atoms with Gasteiger partial charge in [0.15, 0.2) is 0 Å². The van der Waals surface area contributed by atoms with Gasteiger partial charge in [0.25, 0.3) is 0 Å². The number of esters is 1. The van der Waals surface area contributed by atoms with E-state index in [-0.39, 0.29) is 11.9 Å². The number of aliphatic hydroxyl groups is 1. The van der Waals surface area contributed by atoms with Crippen LogP contribution in [0, 0.1) is 17.8 Å². The van der Waals surface area contributed by atoms with Gasteiger partial charge in [0, 0.05) is 6.42 Å². The Morgan fingerprint density at radius 1 is 1.24 bits per heavy atom. The Bertz CT molecular complexity index is 583. The quantitative estimate of drug-likeness (QED) is 0.537. The molecule has 0 radical (unpaired) electrons. The zero-order valence-corrected chi connectivity index (χ0v) is 15.7. The van der Waals surface area contributed by atoms with E-state index < -0.39 is 35.6 Å². The summed E-state index contributed by atoms with van der Waals surface area (Å²) in [5.41, 5.74) is 0.247. The van der Waals surface area contributed by atoms with E-state index in [4.69, 9.17) is 9.47 Å². The molecule has 0 aliphatic carbocycles. The van der Waals surface area contributed by atoms with Crippen molar-refractivity contribution in [2.75, 3.05) is 0 Å². The number of carbonyl (C=O) groups is 2. The van der Waals surface area contributed by atoms with Gasteiger partial charge in [-0.05, 0) is 45.4 Å². The molecule has 25 heavy (non-hydrogen) atoms. The van der Waals surface area contributed by atoms with Crippen molar-refractivity contribution in [3.63, 3.8) is 0 Å². The Morgan fingerprint density at radius 2 is 1.96 bits per heavy atom. The van der Waals surface area contributed by atoms with Gasteiger partial charge in [-0.2, -0.15) is 0 Å². The highest BCUT2D eigenvalue weighted by molar-refractivity contribution is 5.91. The van der Waals surface area contributed by atoms with E-state index in [1.165, 1.54) is 0 Å². The largest absolute Gasteiger partial charge is 0.458 e. The molecule has 2 fully saturated rings. The van der Waals surface area contributed by atoms with E-state index in [2.05, 4.69) is 13.0 Å². The van der Waals surface area contributed by atoms with Crippen LogP contribution in [0.5, 0.6) is 0 Å². The molecule has 0 saturated carbocycles. The average Bonchev–Trinajstić information content (AvgIpc) is 3.08. The summed E-state index contributed by atoms with van der Waals surface area (Å²) in [6, 6.07) is 0. The molecule has 5 nitrogen and oxygen atoms in total. The third-order valence-electron chi connectivity index (χ3n) is 6.37. The van der Waals surface area contributed by atoms with Crippen LogP contribution in [-0.2, 0) is 19.1 Å². The predicted molar refractivity (Wildman–Crippen MR) is 92.8 cm³/mol. The first kappa shape index (κ1) is 18.6. The van der Waals surface area contributed by atoms with Crippen molar-refractivity contribution < 1.29 is 24.2 Å². The van der Waals surface area contributed by atoms with Gasteiger partial charge in [-0.15, -0.1) is 0 Å². The lowest BCUT2D eigenvalue weighted by atomic mass is 9.79. The molecule has 0 aromatic carbocycles. The Morgan fingerprint density at radius 3 is 2.68 bits per heavy atom. The predicted octanol–water partition coefficient (Wildman–Crippen LogP) is 2.80. The topological polar surface area (TPSA) is 72.8 Å². The van der Waals surface area contributed by atoms with Crippen LogP contribution in [0.15, 0.2) is 11.6 Å². The van der Waals surface area contributed by atoms with E-state index in [1.807, 2.05) is 13.8 Å². The highest BCUT2D eigenvalue weighted by Crippen LogP contribution is 2.43. The lowest BCUT2D eigenvalue weighted by molar-refractivity contribution is -0.171. The zero-order chi connectivity index (χ0) is 18.4. The molecule has 0 spiro atoms. The lowest BCUT2D eigenvalue weighted by Crippen LogP contribution is -2.51. The summed E-state index contributed by atoms with van der Waals surface area (Å²) in [6.07, 6.45) is 4.23. The summed E-state index contributed by atoms with van der Waals surface area (Å²) in [7, 11) is 0. The van der Waals surface area contributed by atoms with Crippen LogP contribution in [0.1, 0.15) is 59.8 Å². The molecular formula is C20H30O5. The van der Waals surface area contributed by atoms with Crippen molar-refractivity contribution in [3.8, 4) is 0 Å². The van der Waals surface area contributed by atoms with Crippen LogP contribution in [-0.4, -0.2) is 40.8 Å². The molecule has 7 atom stereocenters. The average molecular weight is 350 g/mol. The molecule has 3 aliphatic heterocycles. The zero-order valence-electron chi connectivity index (χ0n) is 15.7. The molecule has 140 valence electrons. The number of hydrogen-bond donors (Lipinski definition) is 1. The number of allylic oxidation sites excluding steroid dienone is 2. The lowest BCUT2D eigenvalue weighted by Gasteiger charge is -2.36. The van der Waals surface area contributed by atoms with Crippen LogP contribution in [0.3, 0.4) is 0 Å².